The van der Waals surface area contributed by atoms with Crippen LogP contribution in [0.4, 0.5) is 0 Å². The zero-order valence-corrected chi connectivity index (χ0v) is 7.86. The second kappa shape index (κ2) is 5.16. The molecule has 1 aliphatic rings. The van der Waals surface area contributed by atoms with Gasteiger partial charge in [0.1, 0.15) is 0 Å². The molecule has 1 heterocycles. The van der Waals surface area contributed by atoms with E-state index in [1.165, 1.54) is 0 Å². The predicted octanol–water partition coefficient (Wildman–Crippen LogP) is 0.0668. The van der Waals surface area contributed by atoms with E-state index in [0.29, 0.717) is 19.7 Å². The maximum atomic E-state index is 11.3. The van der Waals surface area contributed by atoms with Crippen LogP contribution >= 0.6 is 0 Å². The molecule has 1 rings (SSSR count). The molecule has 1 saturated heterocycles. The molecule has 0 aliphatic carbocycles. The molecule has 1 aliphatic heterocycles. The topological polar surface area (TPSA) is 64.8 Å². The van der Waals surface area contributed by atoms with E-state index in [9.17, 15) is 4.79 Å². The summed E-state index contributed by atoms with van der Waals surface area (Å²) in [7, 11) is 0. The van der Waals surface area contributed by atoms with Gasteiger partial charge in [0.25, 0.3) is 0 Å². The van der Waals surface area contributed by atoms with E-state index in [2.05, 4.69) is 4.94 Å². The summed E-state index contributed by atoms with van der Waals surface area (Å²) in [6.45, 7) is 3.66. The van der Waals surface area contributed by atoms with Crippen LogP contribution in [0, 0.1) is 5.92 Å². The Morgan fingerprint density at radius 2 is 2.15 bits per heavy atom. The minimum Gasteiger partial charge on any atom is -0.466 e. The van der Waals surface area contributed by atoms with Gasteiger partial charge in [-0.2, -0.15) is 11.0 Å². The number of piperidine rings is 1. The average molecular weight is 188 g/mol. The van der Waals surface area contributed by atoms with E-state index in [1.807, 2.05) is 6.92 Å². The number of esters is 1. The Labute approximate surface area is 77.7 Å². The van der Waals surface area contributed by atoms with Crippen molar-refractivity contribution in [2.24, 2.45) is 11.8 Å². The number of hydroxylamine groups is 2. The minimum absolute atomic E-state index is 0.0198. The molecule has 0 aromatic rings. The Hall–Kier alpha value is -0.650. The molecular formula is C8H16N2O3. The predicted molar refractivity (Wildman–Crippen MR) is 46.2 cm³/mol. The van der Waals surface area contributed by atoms with Crippen molar-refractivity contribution in [2.45, 2.75) is 19.8 Å². The van der Waals surface area contributed by atoms with Crippen molar-refractivity contribution >= 4 is 5.97 Å². The number of ether oxygens (including phenoxy) is 1. The minimum atomic E-state index is -0.0980. The Morgan fingerprint density at radius 3 is 2.62 bits per heavy atom. The number of rotatable bonds is 3. The summed E-state index contributed by atoms with van der Waals surface area (Å²) in [5.74, 6) is 4.91. The number of hydrogen-bond donors (Lipinski definition) is 1. The molecule has 0 bridgehead atoms. The van der Waals surface area contributed by atoms with Gasteiger partial charge in [0.15, 0.2) is 0 Å². The molecule has 0 aromatic carbocycles. The summed E-state index contributed by atoms with van der Waals surface area (Å²) in [5, 5.41) is 1.65. The van der Waals surface area contributed by atoms with Gasteiger partial charge in [-0.05, 0) is 19.8 Å². The van der Waals surface area contributed by atoms with Gasteiger partial charge in [0.2, 0.25) is 0 Å². The lowest BCUT2D eigenvalue weighted by molar-refractivity contribution is -0.184. The van der Waals surface area contributed by atoms with Crippen molar-refractivity contribution in [1.29, 1.82) is 0 Å². The molecule has 2 N–H and O–H groups in total. The van der Waals surface area contributed by atoms with E-state index in [1.54, 1.807) is 5.06 Å². The molecule has 0 radical (unpaired) electrons. The Kier molecular flexibility index (Phi) is 4.14. The molecule has 1 fully saturated rings. The molecule has 5 heteroatoms. The lowest BCUT2D eigenvalue weighted by Gasteiger charge is -2.27. The molecule has 0 amide bonds. The van der Waals surface area contributed by atoms with E-state index >= 15 is 0 Å². The van der Waals surface area contributed by atoms with Gasteiger partial charge in [0, 0.05) is 13.1 Å². The van der Waals surface area contributed by atoms with Crippen molar-refractivity contribution in [3.63, 3.8) is 0 Å². The number of carbonyl (C=O) groups excluding carboxylic acids is 1. The van der Waals surface area contributed by atoms with Crippen molar-refractivity contribution in [3.8, 4) is 0 Å². The fraction of sp³-hybridized carbons (Fsp3) is 0.875. The molecule has 13 heavy (non-hydrogen) atoms. The summed E-state index contributed by atoms with van der Waals surface area (Å²) in [6.07, 6.45) is 1.52. The molecule has 0 spiro atoms. The maximum Gasteiger partial charge on any atom is 0.309 e. The number of hydrogen-bond acceptors (Lipinski definition) is 5. The highest BCUT2D eigenvalue weighted by atomic mass is 16.8. The quantitative estimate of drug-likeness (QED) is 0.501. The lowest BCUT2D eigenvalue weighted by atomic mass is 9.98. The van der Waals surface area contributed by atoms with Crippen LogP contribution in [0.1, 0.15) is 19.8 Å². The van der Waals surface area contributed by atoms with Crippen LogP contribution in [-0.2, 0) is 14.5 Å². The van der Waals surface area contributed by atoms with Crippen molar-refractivity contribution in [3.05, 3.63) is 0 Å². The molecule has 0 unspecified atom stereocenters. The van der Waals surface area contributed by atoms with Gasteiger partial charge in [-0.3, -0.25) is 4.79 Å². The van der Waals surface area contributed by atoms with Crippen LogP contribution in [0.25, 0.3) is 0 Å². The van der Waals surface area contributed by atoms with E-state index < -0.39 is 0 Å². The zero-order valence-electron chi connectivity index (χ0n) is 7.86. The summed E-state index contributed by atoms with van der Waals surface area (Å²) >= 11 is 0. The van der Waals surface area contributed by atoms with Crippen LogP contribution in [0.3, 0.4) is 0 Å². The van der Waals surface area contributed by atoms with E-state index in [-0.39, 0.29) is 11.9 Å². The van der Waals surface area contributed by atoms with Crippen LogP contribution < -0.4 is 5.90 Å². The van der Waals surface area contributed by atoms with Crippen LogP contribution in [-0.4, -0.2) is 30.7 Å². The van der Waals surface area contributed by atoms with Gasteiger partial charge < -0.3 is 4.74 Å². The van der Waals surface area contributed by atoms with Crippen molar-refractivity contribution < 1.29 is 14.5 Å². The summed E-state index contributed by atoms with van der Waals surface area (Å²) in [6, 6.07) is 0. The summed E-state index contributed by atoms with van der Waals surface area (Å²) in [4.78, 5) is 15.8. The first-order valence-electron chi connectivity index (χ1n) is 4.56. The highest BCUT2D eigenvalue weighted by molar-refractivity contribution is 5.72. The largest absolute Gasteiger partial charge is 0.466 e. The van der Waals surface area contributed by atoms with Gasteiger partial charge in [0.05, 0.1) is 12.5 Å². The average Bonchev–Trinajstić information content (AvgIpc) is 2.18. The lowest BCUT2D eigenvalue weighted by Crippen LogP contribution is -2.38. The molecule has 0 saturated carbocycles. The normalized spacial score (nSPS) is 20.2. The van der Waals surface area contributed by atoms with Gasteiger partial charge >= 0.3 is 5.97 Å². The monoisotopic (exact) mass is 188 g/mol. The number of carbonyl (C=O) groups is 1. The first-order chi connectivity index (χ1) is 6.27. The van der Waals surface area contributed by atoms with Gasteiger partial charge in [-0.15, -0.1) is 0 Å². The third-order valence-corrected chi connectivity index (χ3v) is 2.22. The molecule has 0 aromatic heterocycles. The van der Waals surface area contributed by atoms with Crippen molar-refractivity contribution in [2.75, 3.05) is 19.7 Å². The Balaban J connectivity index is 2.28. The Morgan fingerprint density at radius 1 is 1.54 bits per heavy atom. The summed E-state index contributed by atoms with van der Waals surface area (Å²) < 4.78 is 4.92. The van der Waals surface area contributed by atoms with Crippen LogP contribution in [0.5, 0.6) is 0 Å². The van der Waals surface area contributed by atoms with Crippen LogP contribution in [0.2, 0.25) is 0 Å². The third kappa shape index (κ3) is 2.95. The smallest absolute Gasteiger partial charge is 0.309 e. The fourth-order valence-electron chi connectivity index (χ4n) is 1.46. The highest BCUT2D eigenvalue weighted by Gasteiger charge is 2.25. The first kappa shape index (κ1) is 10.4. The van der Waals surface area contributed by atoms with E-state index in [0.717, 1.165) is 12.8 Å². The molecule has 5 nitrogen and oxygen atoms in total. The highest BCUT2D eigenvalue weighted by Crippen LogP contribution is 2.17. The SMILES string of the molecule is CCOC(=O)C1CCN(ON)CC1. The Bertz CT molecular complexity index is 167. The van der Waals surface area contributed by atoms with Crippen LogP contribution in [0.15, 0.2) is 0 Å². The van der Waals surface area contributed by atoms with Gasteiger partial charge in [-0.1, -0.05) is 0 Å². The molecular weight excluding hydrogens is 172 g/mol. The third-order valence-electron chi connectivity index (χ3n) is 2.22. The zero-order chi connectivity index (χ0) is 9.68. The van der Waals surface area contributed by atoms with E-state index in [4.69, 9.17) is 10.6 Å². The summed E-state index contributed by atoms with van der Waals surface area (Å²) in [5.41, 5.74) is 0. The van der Waals surface area contributed by atoms with Crippen molar-refractivity contribution in [1.82, 2.24) is 5.06 Å². The fourth-order valence-corrected chi connectivity index (χ4v) is 1.46. The number of nitrogens with zero attached hydrogens (tertiary/aromatic N) is 1. The maximum absolute atomic E-state index is 11.3. The molecule has 76 valence electrons. The molecule has 0 atom stereocenters. The first-order valence-corrected chi connectivity index (χ1v) is 4.56. The standard InChI is InChI=1S/C8H16N2O3/c1-2-12-8(11)7-3-5-10(13-9)6-4-7/h7H,2-6,9H2,1H3. The second-order valence-electron chi connectivity index (χ2n) is 3.06. The number of nitrogens with two attached hydrogens (primary N) is 1. The second-order valence-corrected chi connectivity index (χ2v) is 3.06. The van der Waals surface area contributed by atoms with Gasteiger partial charge in [-0.25, -0.2) is 4.94 Å².